The highest BCUT2D eigenvalue weighted by molar-refractivity contribution is 7.12. The van der Waals surface area contributed by atoms with Crippen molar-refractivity contribution in [3.05, 3.63) is 21.4 Å². The maximum atomic E-state index is 3.71. The number of rotatable bonds is 11. The smallest absolute Gasteiger partial charge is 0.0414 e. The van der Waals surface area contributed by atoms with Crippen molar-refractivity contribution in [2.75, 3.05) is 6.54 Å². The summed E-state index contributed by atoms with van der Waals surface area (Å²) in [6.07, 6.45) is 15.2. The van der Waals surface area contributed by atoms with E-state index in [1.807, 2.05) is 0 Å². The van der Waals surface area contributed by atoms with Crippen LogP contribution in [0.2, 0.25) is 0 Å². The summed E-state index contributed by atoms with van der Waals surface area (Å²) in [4.78, 5) is 3.28. The van der Waals surface area contributed by atoms with E-state index in [0.717, 1.165) is 6.54 Å². The predicted molar refractivity (Wildman–Crippen MR) is 95.4 cm³/mol. The van der Waals surface area contributed by atoms with Crippen molar-refractivity contribution < 1.29 is 0 Å². The van der Waals surface area contributed by atoms with Gasteiger partial charge in [-0.3, -0.25) is 0 Å². The highest BCUT2D eigenvalue weighted by Crippen LogP contribution is 2.35. The summed E-state index contributed by atoms with van der Waals surface area (Å²) in [6.45, 7) is 5.61. The monoisotopic (exact) mass is 307 g/mol. The number of unbranched alkanes of at least 4 members (excludes halogenated alkanes) is 6. The lowest BCUT2D eigenvalue weighted by atomic mass is 10.0. The lowest BCUT2D eigenvalue weighted by molar-refractivity contribution is 0.481. The molecular formula is C19H33NS. The quantitative estimate of drug-likeness (QED) is 0.492. The summed E-state index contributed by atoms with van der Waals surface area (Å²) in [6, 6.07) is 3.11. The van der Waals surface area contributed by atoms with E-state index >= 15 is 0 Å². The summed E-state index contributed by atoms with van der Waals surface area (Å²) in [5.41, 5.74) is 1.65. The average Bonchev–Trinajstić information content (AvgIpc) is 3.06. The van der Waals surface area contributed by atoms with Crippen LogP contribution in [0, 0.1) is 0 Å². The van der Waals surface area contributed by atoms with Crippen LogP contribution >= 0.6 is 11.3 Å². The Kier molecular flexibility index (Phi) is 7.81. The Morgan fingerprint density at radius 2 is 1.81 bits per heavy atom. The maximum Gasteiger partial charge on any atom is 0.0414 e. The van der Waals surface area contributed by atoms with E-state index in [0.29, 0.717) is 6.04 Å². The normalized spacial score (nSPS) is 15.3. The van der Waals surface area contributed by atoms with E-state index in [-0.39, 0.29) is 0 Å². The molecule has 120 valence electrons. The molecule has 0 aliphatic heterocycles. The molecule has 1 aromatic heterocycles. The van der Waals surface area contributed by atoms with Crippen LogP contribution in [0.3, 0.4) is 0 Å². The maximum absolute atomic E-state index is 3.71. The summed E-state index contributed by atoms with van der Waals surface area (Å²) in [7, 11) is 0. The van der Waals surface area contributed by atoms with Crippen LogP contribution in [0.5, 0.6) is 0 Å². The highest BCUT2D eigenvalue weighted by Gasteiger charge is 2.19. The number of aryl methyl sites for hydroxylation is 2. The molecule has 0 bridgehead atoms. The Balaban J connectivity index is 1.71. The van der Waals surface area contributed by atoms with Gasteiger partial charge >= 0.3 is 0 Å². The molecule has 2 rings (SSSR count). The molecule has 0 saturated heterocycles. The Labute approximate surface area is 135 Å². The molecule has 1 aromatic rings. The third-order valence-corrected chi connectivity index (χ3v) is 6.01. The molecule has 0 fully saturated rings. The van der Waals surface area contributed by atoms with E-state index in [1.54, 1.807) is 15.3 Å². The molecule has 0 aromatic carbocycles. The molecule has 0 saturated carbocycles. The molecule has 1 nitrogen and oxygen atoms in total. The number of hydrogen-bond acceptors (Lipinski definition) is 2. The third-order valence-electron chi connectivity index (χ3n) is 4.66. The summed E-state index contributed by atoms with van der Waals surface area (Å²) < 4.78 is 0. The van der Waals surface area contributed by atoms with Crippen molar-refractivity contribution in [3.63, 3.8) is 0 Å². The van der Waals surface area contributed by atoms with E-state index < -0.39 is 0 Å². The van der Waals surface area contributed by atoms with Gasteiger partial charge in [-0.2, -0.15) is 0 Å². The minimum Gasteiger partial charge on any atom is -0.310 e. The largest absolute Gasteiger partial charge is 0.310 e. The molecule has 1 unspecified atom stereocenters. The molecule has 0 radical (unpaired) electrons. The molecule has 1 N–H and O–H groups in total. The van der Waals surface area contributed by atoms with Crippen LogP contribution in [0.1, 0.15) is 93.0 Å². The Bertz CT molecular complexity index is 375. The molecule has 1 atom stereocenters. The molecule has 2 heteroatoms. The van der Waals surface area contributed by atoms with Crippen LogP contribution in [0.25, 0.3) is 0 Å². The van der Waals surface area contributed by atoms with Gasteiger partial charge in [-0.25, -0.2) is 0 Å². The van der Waals surface area contributed by atoms with Crippen LogP contribution < -0.4 is 5.32 Å². The molecule has 0 spiro atoms. The highest BCUT2D eigenvalue weighted by atomic mass is 32.1. The number of fused-ring (bicyclic) bond motifs is 1. The molecule has 1 aliphatic rings. The van der Waals surface area contributed by atoms with Crippen molar-refractivity contribution in [2.24, 2.45) is 0 Å². The second-order valence-electron chi connectivity index (χ2n) is 6.47. The van der Waals surface area contributed by atoms with Gasteiger partial charge in [0.05, 0.1) is 0 Å². The summed E-state index contributed by atoms with van der Waals surface area (Å²) in [5, 5.41) is 3.71. The topological polar surface area (TPSA) is 12.0 Å². The van der Waals surface area contributed by atoms with Gasteiger partial charge in [-0.1, -0.05) is 58.8 Å². The van der Waals surface area contributed by atoms with Crippen LogP contribution in [-0.2, 0) is 12.8 Å². The predicted octanol–water partition coefficient (Wildman–Crippen LogP) is 6.03. The fourth-order valence-electron chi connectivity index (χ4n) is 3.42. The van der Waals surface area contributed by atoms with Gasteiger partial charge in [-0.05, 0) is 43.9 Å². The minimum atomic E-state index is 0.612. The third kappa shape index (κ3) is 5.41. The van der Waals surface area contributed by atoms with Crippen molar-refractivity contribution in [3.8, 4) is 0 Å². The van der Waals surface area contributed by atoms with Gasteiger partial charge in [0.1, 0.15) is 0 Å². The van der Waals surface area contributed by atoms with Crippen LogP contribution in [0.15, 0.2) is 6.07 Å². The molecule has 0 amide bonds. The van der Waals surface area contributed by atoms with Gasteiger partial charge in [0.2, 0.25) is 0 Å². The molecular weight excluding hydrogens is 274 g/mol. The number of hydrogen-bond donors (Lipinski definition) is 1. The standard InChI is InChI=1S/C19H33NS/c1-3-5-6-7-8-9-10-13-17(20-4-2)19-15-16-12-11-14-18(16)21-19/h15,17,20H,3-14H2,1-2H3. The molecule has 1 heterocycles. The first-order chi connectivity index (χ1) is 10.3. The zero-order valence-electron chi connectivity index (χ0n) is 14.0. The fraction of sp³-hybridized carbons (Fsp3) is 0.789. The Morgan fingerprint density at radius 3 is 2.52 bits per heavy atom. The Morgan fingerprint density at radius 1 is 1.05 bits per heavy atom. The lowest BCUT2D eigenvalue weighted by Gasteiger charge is -2.16. The van der Waals surface area contributed by atoms with Crippen molar-refractivity contribution in [2.45, 2.75) is 90.5 Å². The lowest BCUT2D eigenvalue weighted by Crippen LogP contribution is -2.19. The van der Waals surface area contributed by atoms with E-state index in [1.165, 1.54) is 70.6 Å². The second kappa shape index (κ2) is 9.63. The van der Waals surface area contributed by atoms with Crippen molar-refractivity contribution in [1.82, 2.24) is 5.32 Å². The SMILES string of the molecule is CCCCCCCCCC(NCC)c1cc2c(s1)CCC2. The average molecular weight is 308 g/mol. The van der Waals surface area contributed by atoms with Gasteiger partial charge in [0.25, 0.3) is 0 Å². The van der Waals surface area contributed by atoms with Gasteiger partial charge in [0.15, 0.2) is 0 Å². The van der Waals surface area contributed by atoms with Gasteiger partial charge < -0.3 is 5.32 Å². The zero-order chi connectivity index (χ0) is 14.9. The second-order valence-corrected chi connectivity index (χ2v) is 7.64. The Hall–Kier alpha value is -0.340. The van der Waals surface area contributed by atoms with Crippen molar-refractivity contribution in [1.29, 1.82) is 0 Å². The minimum absolute atomic E-state index is 0.612. The van der Waals surface area contributed by atoms with Gasteiger partial charge in [0, 0.05) is 15.8 Å². The van der Waals surface area contributed by atoms with E-state index in [2.05, 4.69) is 36.6 Å². The zero-order valence-corrected chi connectivity index (χ0v) is 14.9. The van der Waals surface area contributed by atoms with Crippen molar-refractivity contribution >= 4 is 11.3 Å². The van der Waals surface area contributed by atoms with Crippen LogP contribution in [0.4, 0.5) is 0 Å². The van der Waals surface area contributed by atoms with E-state index in [4.69, 9.17) is 0 Å². The van der Waals surface area contributed by atoms with Crippen LogP contribution in [-0.4, -0.2) is 6.54 Å². The van der Waals surface area contributed by atoms with E-state index in [9.17, 15) is 0 Å². The first-order valence-corrected chi connectivity index (χ1v) is 10.0. The summed E-state index contributed by atoms with van der Waals surface area (Å²) >= 11 is 2.08. The first-order valence-electron chi connectivity index (χ1n) is 9.20. The molecule has 1 aliphatic carbocycles. The number of thiophene rings is 1. The number of nitrogens with one attached hydrogen (secondary N) is 1. The first kappa shape index (κ1) is 17.0. The summed E-state index contributed by atoms with van der Waals surface area (Å²) in [5.74, 6) is 0. The molecule has 21 heavy (non-hydrogen) atoms. The fourth-order valence-corrected chi connectivity index (χ4v) is 4.79. The van der Waals surface area contributed by atoms with Gasteiger partial charge in [-0.15, -0.1) is 11.3 Å².